The summed E-state index contributed by atoms with van der Waals surface area (Å²) in [4.78, 5) is 27.9. The number of aromatic nitrogens is 1. The maximum absolute atomic E-state index is 12.2. The van der Waals surface area contributed by atoms with Gasteiger partial charge in [0.05, 0.1) is 18.4 Å². The highest BCUT2D eigenvalue weighted by atomic mass is 16.5. The molecule has 0 saturated heterocycles. The molecule has 7 nitrogen and oxygen atoms in total. The Morgan fingerprint density at radius 1 is 1.24 bits per heavy atom. The summed E-state index contributed by atoms with van der Waals surface area (Å²) in [6.07, 6.45) is 4.64. The number of nitrogens with one attached hydrogen (secondary N) is 2. The van der Waals surface area contributed by atoms with E-state index < -0.39 is 11.9 Å². The van der Waals surface area contributed by atoms with Crippen LogP contribution in [0.15, 0.2) is 60.6 Å². The van der Waals surface area contributed by atoms with E-state index in [0.29, 0.717) is 6.54 Å². The van der Waals surface area contributed by atoms with E-state index in [4.69, 9.17) is 0 Å². The Morgan fingerprint density at radius 2 is 1.96 bits per heavy atom. The molecule has 126 valence electrons. The van der Waals surface area contributed by atoms with E-state index in [-0.39, 0.29) is 16.8 Å². The van der Waals surface area contributed by atoms with Crippen molar-refractivity contribution in [3.63, 3.8) is 0 Å². The first kappa shape index (κ1) is 17.7. The average molecular weight is 336 g/mol. The van der Waals surface area contributed by atoms with Crippen LogP contribution in [0.4, 0.5) is 5.69 Å². The van der Waals surface area contributed by atoms with Crippen LogP contribution in [-0.2, 0) is 16.1 Å². The van der Waals surface area contributed by atoms with Gasteiger partial charge < -0.3 is 15.4 Å². The maximum atomic E-state index is 12.2. The van der Waals surface area contributed by atoms with E-state index >= 15 is 0 Å². The quantitative estimate of drug-likeness (QED) is 0.475. The van der Waals surface area contributed by atoms with Crippen LogP contribution in [0.3, 0.4) is 0 Å². The van der Waals surface area contributed by atoms with Crippen molar-refractivity contribution in [2.75, 3.05) is 12.4 Å². The van der Waals surface area contributed by atoms with Crippen LogP contribution in [0.25, 0.3) is 0 Å². The van der Waals surface area contributed by atoms with Crippen LogP contribution in [0, 0.1) is 11.3 Å². The first-order valence-corrected chi connectivity index (χ1v) is 7.37. The molecule has 0 radical (unpaired) electrons. The molecule has 1 amide bonds. The predicted molar refractivity (Wildman–Crippen MR) is 91.2 cm³/mol. The lowest BCUT2D eigenvalue weighted by molar-refractivity contribution is -0.112. The lowest BCUT2D eigenvalue weighted by Gasteiger charge is -2.09. The number of para-hydroxylation sites is 1. The minimum absolute atomic E-state index is 0.117. The molecule has 2 rings (SSSR count). The molecular weight excluding hydrogens is 320 g/mol. The summed E-state index contributed by atoms with van der Waals surface area (Å²) in [6.45, 7) is 0.444. The Bertz CT molecular complexity index is 826. The van der Waals surface area contributed by atoms with Crippen molar-refractivity contribution in [3.05, 3.63) is 71.7 Å². The number of ether oxygens (including phenoxy) is 1. The van der Waals surface area contributed by atoms with Crippen LogP contribution in [0.2, 0.25) is 0 Å². The topological polar surface area (TPSA) is 104 Å². The lowest BCUT2D eigenvalue weighted by Crippen LogP contribution is -2.18. The fraction of sp³-hybridized carbons (Fsp3) is 0.111. The van der Waals surface area contributed by atoms with E-state index in [9.17, 15) is 14.9 Å². The largest absolute Gasteiger partial charge is 0.465 e. The lowest BCUT2D eigenvalue weighted by atomic mass is 10.1. The zero-order valence-electron chi connectivity index (χ0n) is 13.5. The van der Waals surface area contributed by atoms with Gasteiger partial charge in [-0.3, -0.25) is 9.78 Å². The third-order valence-corrected chi connectivity index (χ3v) is 3.25. The Morgan fingerprint density at radius 3 is 2.64 bits per heavy atom. The van der Waals surface area contributed by atoms with Crippen LogP contribution >= 0.6 is 0 Å². The summed E-state index contributed by atoms with van der Waals surface area (Å²) < 4.78 is 4.67. The summed E-state index contributed by atoms with van der Waals surface area (Å²) in [6, 6.07) is 11.9. The van der Waals surface area contributed by atoms with E-state index in [0.717, 1.165) is 5.56 Å². The Balaban J connectivity index is 2.07. The van der Waals surface area contributed by atoms with Gasteiger partial charge in [-0.15, -0.1) is 0 Å². The zero-order chi connectivity index (χ0) is 18.1. The molecule has 1 aromatic heterocycles. The number of hydrogen-bond acceptors (Lipinski definition) is 6. The third-order valence-electron chi connectivity index (χ3n) is 3.25. The summed E-state index contributed by atoms with van der Waals surface area (Å²) in [5.41, 5.74) is 1.32. The molecule has 0 aliphatic carbocycles. The highest BCUT2D eigenvalue weighted by Gasteiger charge is 2.15. The molecule has 0 saturated carbocycles. The monoisotopic (exact) mass is 336 g/mol. The van der Waals surface area contributed by atoms with Crippen molar-refractivity contribution < 1.29 is 14.3 Å². The van der Waals surface area contributed by atoms with Gasteiger partial charge in [0.25, 0.3) is 5.91 Å². The van der Waals surface area contributed by atoms with Crippen molar-refractivity contribution in [3.8, 4) is 6.07 Å². The molecule has 0 atom stereocenters. The van der Waals surface area contributed by atoms with Crippen molar-refractivity contribution in [1.82, 2.24) is 10.3 Å². The molecule has 0 spiro atoms. The number of methoxy groups -OCH3 is 1. The number of anilines is 1. The minimum Gasteiger partial charge on any atom is -0.465 e. The maximum Gasteiger partial charge on any atom is 0.339 e. The van der Waals surface area contributed by atoms with Crippen LogP contribution in [0.5, 0.6) is 0 Å². The number of pyridine rings is 1. The van der Waals surface area contributed by atoms with E-state index in [2.05, 4.69) is 20.4 Å². The van der Waals surface area contributed by atoms with Gasteiger partial charge in [0, 0.05) is 25.1 Å². The SMILES string of the molecule is COC(=O)c1ccccc1NC(=O)/C(C#N)=C\NCc1ccncc1. The molecule has 0 aliphatic rings. The zero-order valence-corrected chi connectivity index (χ0v) is 13.5. The fourth-order valence-electron chi connectivity index (χ4n) is 1.99. The Kier molecular flexibility index (Phi) is 6.25. The molecule has 2 aromatic rings. The molecule has 2 N–H and O–H groups in total. The van der Waals surface area contributed by atoms with Gasteiger partial charge >= 0.3 is 5.97 Å². The summed E-state index contributed by atoms with van der Waals surface area (Å²) in [5.74, 6) is -1.20. The second kappa shape index (κ2) is 8.84. The van der Waals surface area contributed by atoms with Crippen LogP contribution in [0.1, 0.15) is 15.9 Å². The van der Waals surface area contributed by atoms with Gasteiger partial charge in [-0.05, 0) is 29.8 Å². The normalized spacial score (nSPS) is 10.5. The highest BCUT2D eigenvalue weighted by Crippen LogP contribution is 2.16. The van der Waals surface area contributed by atoms with Crippen molar-refractivity contribution in [2.24, 2.45) is 0 Å². The third kappa shape index (κ3) is 4.91. The number of benzene rings is 1. The number of carbonyl (C=O) groups excluding carboxylic acids is 2. The molecule has 7 heteroatoms. The van der Waals surface area contributed by atoms with Crippen LogP contribution in [-0.4, -0.2) is 24.0 Å². The van der Waals surface area contributed by atoms with Gasteiger partial charge in [0.1, 0.15) is 11.6 Å². The van der Waals surface area contributed by atoms with Gasteiger partial charge in [-0.2, -0.15) is 5.26 Å². The average Bonchev–Trinajstić information content (AvgIpc) is 2.65. The summed E-state index contributed by atoms with van der Waals surface area (Å²) >= 11 is 0. The molecule has 1 aromatic carbocycles. The standard InChI is InChI=1S/C18H16N4O3/c1-25-18(24)15-4-2-3-5-16(15)22-17(23)14(10-19)12-21-11-13-6-8-20-9-7-13/h2-9,12,21H,11H2,1H3,(H,22,23)/b14-12-. The van der Waals surface area contributed by atoms with E-state index in [1.165, 1.54) is 19.4 Å². The number of hydrogen-bond donors (Lipinski definition) is 2. The van der Waals surface area contributed by atoms with Gasteiger partial charge in [0.2, 0.25) is 0 Å². The summed E-state index contributed by atoms with van der Waals surface area (Å²) in [5, 5.41) is 14.6. The van der Waals surface area contributed by atoms with E-state index in [1.54, 1.807) is 30.6 Å². The van der Waals surface area contributed by atoms with Gasteiger partial charge in [0.15, 0.2) is 0 Å². The molecule has 0 bridgehead atoms. The molecule has 0 fully saturated rings. The molecular formula is C18H16N4O3. The number of nitrogens with zero attached hydrogens (tertiary/aromatic N) is 2. The van der Waals surface area contributed by atoms with E-state index in [1.807, 2.05) is 18.2 Å². The second-order valence-electron chi connectivity index (χ2n) is 4.90. The highest BCUT2D eigenvalue weighted by molar-refractivity contribution is 6.09. The number of amides is 1. The van der Waals surface area contributed by atoms with Crippen LogP contribution < -0.4 is 10.6 Å². The first-order chi connectivity index (χ1) is 12.2. The number of esters is 1. The number of rotatable bonds is 6. The molecule has 1 heterocycles. The van der Waals surface area contributed by atoms with Crippen molar-refractivity contribution >= 4 is 17.6 Å². The first-order valence-electron chi connectivity index (χ1n) is 7.37. The number of carbonyl (C=O) groups is 2. The molecule has 0 unspecified atom stereocenters. The molecule has 0 aliphatic heterocycles. The number of nitriles is 1. The Hall–Kier alpha value is -3.66. The minimum atomic E-state index is -0.624. The van der Waals surface area contributed by atoms with Gasteiger partial charge in [-0.1, -0.05) is 12.1 Å². The second-order valence-corrected chi connectivity index (χ2v) is 4.90. The Labute approximate surface area is 145 Å². The van der Waals surface area contributed by atoms with Gasteiger partial charge in [-0.25, -0.2) is 4.79 Å². The predicted octanol–water partition coefficient (Wildman–Crippen LogP) is 2.00. The molecule has 25 heavy (non-hydrogen) atoms. The summed E-state index contributed by atoms with van der Waals surface area (Å²) in [7, 11) is 1.25. The smallest absolute Gasteiger partial charge is 0.339 e. The van der Waals surface area contributed by atoms with Crippen molar-refractivity contribution in [1.29, 1.82) is 5.26 Å². The van der Waals surface area contributed by atoms with Crippen molar-refractivity contribution in [2.45, 2.75) is 6.54 Å². The fourth-order valence-corrected chi connectivity index (χ4v) is 1.99.